The van der Waals surface area contributed by atoms with E-state index in [0.29, 0.717) is 12.0 Å². The molecule has 0 fully saturated rings. The van der Waals surface area contributed by atoms with E-state index in [1.165, 1.54) is 38.2 Å². The third-order valence-electron chi connectivity index (χ3n) is 11.9. The Bertz CT molecular complexity index is 2320. The molecule has 0 unspecified atom stereocenters. The van der Waals surface area contributed by atoms with Crippen LogP contribution in [-0.4, -0.2) is 167 Å². The Morgan fingerprint density at radius 2 is 0.922 bits per heavy atom. The van der Waals surface area contributed by atoms with Crippen LogP contribution in [0.2, 0.25) is 0 Å². The van der Waals surface area contributed by atoms with E-state index in [1.807, 2.05) is 13.8 Å². The van der Waals surface area contributed by atoms with Crippen molar-refractivity contribution in [3.63, 3.8) is 0 Å². The maximum absolute atomic E-state index is 15.5. The zero-order chi connectivity index (χ0) is 59.1. The number of aromatic hydroxyl groups is 1. The predicted molar refractivity (Wildman–Crippen MR) is 268 cm³/mol. The molecular weight excluding hydrogens is 1030 g/mol. The number of ether oxygens (including phenoxy) is 5. The SMILES string of the molecule is CN[C@@H](CC(C)C)C(=O)O[C@H](C)C(=O)N(C)[C@@H](CC(C)(C)F)C(=O)O[C@H](Cc1ccc(OC(F)(F)F)cc1)C(=O)N(C)[C@@H](CC(C)C)C(=O)O[C@H](C)C(=O)N(C)[C@H](CC(C)(C)F)C(=O)O[C@H](Cc1ccc(O)cc1)C(=O)O. The minimum absolute atomic E-state index is 0.0552. The Morgan fingerprint density at radius 3 is 1.31 bits per heavy atom. The van der Waals surface area contributed by atoms with Crippen LogP contribution < -0.4 is 10.1 Å². The van der Waals surface area contributed by atoms with Gasteiger partial charge in [-0.15, -0.1) is 13.2 Å². The fraction of sp³-hybridized carbons (Fsp3) is 0.623. The fourth-order valence-electron chi connectivity index (χ4n) is 7.89. The van der Waals surface area contributed by atoms with E-state index in [4.69, 9.17) is 18.9 Å². The zero-order valence-corrected chi connectivity index (χ0v) is 46.1. The number of esters is 4. The highest BCUT2D eigenvalue weighted by molar-refractivity contribution is 5.93. The first-order valence-corrected chi connectivity index (χ1v) is 24.9. The number of alkyl halides is 5. The maximum atomic E-state index is 15.5. The second-order valence-corrected chi connectivity index (χ2v) is 21.0. The summed E-state index contributed by atoms with van der Waals surface area (Å²) in [4.78, 5) is 112. The number of carbonyl (C=O) groups excluding carboxylic acids is 7. The van der Waals surface area contributed by atoms with E-state index in [2.05, 4.69) is 10.1 Å². The molecule has 0 spiro atoms. The topological polar surface area (TPSA) is 245 Å². The van der Waals surface area contributed by atoms with Crippen molar-refractivity contribution < 1.29 is 94.2 Å². The van der Waals surface area contributed by atoms with Crippen LogP contribution in [0.15, 0.2) is 48.5 Å². The lowest BCUT2D eigenvalue weighted by molar-refractivity contribution is -0.274. The van der Waals surface area contributed by atoms with Gasteiger partial charge >= 0.3 is 36.2 Å². The Hall–Kier alpha value is -6.59. The molecular formula is C53H75F5N4O15. The van der Waals surface area contributed by atoms with Gasteiger partial charge in [0.15, 0.2) is 18.3 Å². The molecule has 3 N–H and O–H groups in total. The molecule has 8 atom stereocenters. The highest BCUT2D eigenvalue weighted by Gasteiger charge is 2.43. The Kier molecular flexibility index (Phi) is 24.8. The lowest BCUT2D eigenvalue weighted by atomic mass is 9.98. The Balaban J connectivity index is 2.56. The molecule has 0 aliphatic rings. The monoisotopic (exact) mass is 1100 g/mol. The molecule has 0 saturated heterocycles. The van der Waals surface area contributed by atoms with Gasteiger partial charge in [-0.1, -0.05) is 52.0 Å². The number of carboxylic acids is 1. The number of nitrogens with zero attached hydrogens (tertiary/aromatic N) is 3. The largest absolute Gasteiger partial charge is 0.573 e. The van der Waals surface area contributed by atoms with E-state index in [1.54, 1.807) is 13.8 Å². The standard InChI is InChI=1S/C53H75F5N4O15/c1-29(2)23-37(59-11)47(69)73-31(5)43(64)61(13)39(27-51(7,8)54)49(71)75-41(25-34-17-21-36(22-18-34)77-53(56,57)58)45(66)60(12)38(24-30(3)4)48(70)74-32(6)44(65)62(14)40(28-52(9,10)55)50(72)76-42(46(67)68)26-33-15-19-35(63)20-16-33/h15-22,29-32,37-42,59,63H,23-28H2,1-14H3,(H,67,68)/t31-,32-,37+,38+,39+,40-,41-,42-/m1/s1. The predicted octanol–water partition coefficient (Wildman–Crippen LogP) is 6.29. The van der Waals surface area contributed by atoms with Crippen LogP contribution in [0.5, 0.6) is 11.5 Å². The molecule has 2 rings (SSSR count). The molecule has 19 nitrogen and oxygen atoms in total. The van der Waals surface area contributed by atoms with Gasteiger partial charge in [0.25, 0.3) is 17.7 Å². The first kappa shape index (κ1) is 66.5. The second kappa shape index (κ2) is 28.7. The molecule has 0 saturated carbocycles. The van der Waals surface area contributed by atoms with E-state index in [0.717, 1.165) is 94.7 Å². The number of amides is 3. The number of hydrogen-bond acceptors (Lipinski definition) is 15. The molecule has 0 aliphatic heterocycles. The highest BCUT2D eigenvalue weighted by Crippen LogP contribution is 2.28. The van der Waals surface area contributed by atoms with E-state index >= 15 is 8.78 Å². The summed E-state index contributed by atoms with van der Waals surface area (Å²) in [6.45, 7) is 13.8. The van der Waals surface area contributed by atoms with Gasteiger partial charge in [0, 0.05) is 46.8 Å². The number of benzene rings is 2. The third-order valence-corrected chi connectivity index (χ3v) is 11.9. The normalized spacial score (nSPS) is 15.1. The van der Waals surface area contributed by atoms with Crippen molar-refractivity contribution in [3.8, 4) is 11.5 Å². The summed E-state index contributed by atoms with van der Waals surface area (Å²) in [5, 5.41) is 22.3. The molecule has 0 aromatic heterocycles. The van der Waals surface area contributed by atoms with Crippen LogP contribution in [0.4, 0.5) is 22.0 Å². The Labute approximate surface area is 446 Å². The first-order chi connectivity index (χ1) is 35.3. The minimum Gasteiger partial charge on any atom is -0.508 e. The van der Waals surface area contributed by atoms with E-state index < -0.39 is 145 Å². The van der Waals surface area contributed by atoms with Crippen LogP contribution in [-0.2, 0) is 70.1 Å². The number of rotatable bonds is 29. The number of aliphatic carboxylic acids is 1. The molecule has 2 aromatic rings. The van der Waals surface area contributed by atoms with E-state index in [9.17, 15) is 61.7 Å². The van der Waals surface area contributed by atoms with Crippen molar-refractivity contribution in [1.29, 1.82) is 0 Å². The first-order valence-electron chi connectivity index (χ1n) is 24.9. The highest BCUT2D eigenvalue weighted by atomic mass is 19.4. The Morgan fingerprint density at radius 1 is 0.545 bits per heavy atom. The van der Waals surface area contributed by atoms with Gasteiger partial charge in [-0.2, -0.15) is 0 Å². The summed E-state index contributed by atoms with van der Waals surface area (Å²) in [6.07, 6.45) is -14.3. The molecule has 2 aromatic carbocycles. The molecule has 0 bridgehead atoms. The van der Waals surface area contributed by atoms with Gasteiger partial charge in [0.05, 0.1) is 0 Å². The summed E-state index contributed by atoms with van der Waals surface area (Å²) in [7, 11) is 4.86. The van der Waals surface area contributed by atoms with Crippen LogP contribution >= 0.6 is 0 Å². The smallest absolute Gasteiger partial charge is 0.508 e. The van der Waals surface area contributed by atoms with Crippen LogP contribution in [0.1, 0.15) is 106 Å². The van der Waals surface area contributed by atoms with Gasteiger partial charge in [-0.25, -0.2) is 28.0 Å². The number of hydrogen-bond donors (Lipinski definition) is 3. The fourth-order valence-corrected chi connectivity index (χ4v) is 7.89. The number of halogens is 5. The minimum atomic E-state index is -5.06. The molecule has 3 amide bonds. The average molecular weight is 1100 g/mol. The number of phenols is 1. The number of likely N-dealkylation sites (N-methyl/N-ethyl adjacent to an activating group) is 4. The van der Waals surface area contributed by atoms with Crippen molar-refractivity contribution in [1.82, 2.24) is 20.0 Å². The van der Waals surface area contributed by atoms with Crippen molar-refractivity contribution in [3.05, 3.63) is 59.7 Å². The molecule has 0 radical (unpaired) electrons. The van der Waals surface area contributed by atoms with Gasteiger partial charge in [0.1, 0.15) is 47.0 Å². The van der Waals surface area contributed by atoms with Gasteiger partial charge in [-0.05, 0) is 109 Å². The number of carbonyl (C=O) groups is 8. The number of carboxylic acid groups (broad SMARTS) is 1. The lowest BCUT2D eigenvalue weighted by Crippen LogP contribution is -2.54. The van der Waals surface area contributed by atoms with Gasteiger partial charge in [0.2, 0.25) is 6.10 Å². The maximum Gasteiger partial charge on any atom is 0.573 e. The molecule has 432 valence electrons. The second-order valence-electron chi connectivity index (χ2n) is 21.0. The van der Waals surface area contributed by atoms with Crippen molar-refractivity contribution in [2.24, 2.45) is 11.8 Å². The van der Waals surface area contributed by atoms with Crippen molar-refractivity contribution in [2.45, 2.75) is 174 Å². The van der Waals surface area contributed by atoms with E-state index in [-0.39, 0.29) is 30.1 Å². The molecule has 24 heteroatoms. The molecule has 0 aliphatic carbocycles. The van der Waals surface area contributed by atoms with Gasteiger partial charge < -0.3 is 53.9 Å². The third kappa shape index (κ3) is 22.5. The van der Waals surface area contributed by atoms with Crippen molar-refractivity contribution in [2.75, 3.05) is 28.2 Å². The van der Waals surface area contributed by atoms with Crippen LogP contribution in [0.3, 0.4) is 0 Å². The summed E-state index contributed by atoms with van der Waals surface area (Å²) < 4.78 is 96.0. The summed E-state index contributed by atoms with van der Waals surface area (Å²) in [6, 6.07) is 3.53. The van der Waals surface area contributed by atoms with Crippen LogP contribution in [0.25, 0.3) is 0 Å². The molecule has 77 heavy (non-hydrogen) atoms. The zero-order valence-electron chi connectivity index (χ0n) is 46.1. The summed E-state index contributed by atoms with van der Waals surface area (Å²) in [5.41, 5.74) is -3.88. The summed E-state index contributed by atoms with van der Waals surface area (Å²) >= 11 is 0. The quantitative estimate of drug-likeness (QED) is 0.0461. The molecule has 0 heterocycles. The average Bonchev–Trinajstić information content (AvgIpc) is 3.31. The van der Waals surface area contributed by atoms with Crippen LogP contribution in [0, 0.1) is 11.8 Å². The van der Waals surface area contributed by atoms with Crippen molar-refractivity contribution >= 4 is 47.6 Å². The summed E-state index contributed by atoms with van der Waals surface area (Å²) in [5.74, 6) is -10.4. The number of phenolic OH excluding ortho intramolecular Hbond substituents is 1. The number of nitrogens with one attached hydrogen (secondary N) is 1. The van der Waals surface area contributed by atoms with Gasteiger partial charge in [-0.3, -0.25) is 19.2 Å². The lowest BCUT2D eigenvalue weighted by Gasteiger charge is -2.35.